The number of pyridine rings is 1. The van der Waals surface area contributed by atoms with E-state index >= 15 is 0 Å². The molecular formula is C35H41N5. The third-order valence-corrected chi connectivity index (χ3v) is 6.70. The summed E-state index contributed by atoms with van der Waals surface area (Å²) in [5, 5.41) is 10.9. The van der Waals surface area contributed by atoms with Crippen LogP contribution in [0.2, 0.25) is 0 Å². The molecule has 206 valence electrons. The van der Waals surface area contributed by atoms with E-state index in [4.69, 9.17) is 4.99 Å². The smallest absolute Gasteiger partial charge is 0.0899 e. The van der Waals surface area contributed by atoms with Crippen molar-refractivity contribution in [3.63, 3.8) is 0 Å². The van der Waals surface area contributed by atoms with Gasteiger partial charge in [0.25, 0.3) is 0 Å². The van der Waals surface area contributed by atoms with E-state index in [1.165, 1.54) is 5.56 Å². The standard InChI is InChI=1S/C35H41N5/c1-7-14-28(39-24(4)5)21-26(8-2)27-19-18-25(6)30(22-27)35(36-9-3)33-23-38-34-29(31-16-12-13-20-37-31)15-10-11-17-32(34)40-33/h7-8,10-16,18-24,38-40H,9,17H2,1-6H3/b14-7+,26-8+,28-21+,36-35?. The molecule has 0 unspecified atom stereocenters. The van der Waals surface area contributed by atoms with E-state index in [1.54, 1.807) is 0 Å². The Morgan fingerprint density at radius 2 is 2.02 bits per heavy atom. The second kappa shape index (κ2) is 13.6. The molecular weight excluding hydrogens is 490 g/mol. The number of hydrogen-bond acceptors (Lipinski definition) is 5. The summed E-state index contributed by atoms with van der Waals surface area (Å²) < 4.78 is 0. The van der Waals surface area contributed by atoms with Crippen LogP contribution in [0.4, 0.5) is 0 Å². The maximum absolute atomic E-state index is 4.99. The lowest BCUT2D eigenvalue weighted by atomic mass is 9.94. The monoisotopic (exact) mass is 531 g/mol. The first kappa shape index (κ1) is 28.6. The largest absolute Gasteiger partial charge is 0.383 e. The van der Waals surface area contributed by atoms with Gasteiger partial charge in [0.1, 0.15) is 0 Å². The molecule has 2 heterocycles. The van der Waals surface area contributed by atoms with Gasteiger partial charge >= 0.3 is 0 Å². The number of aromatic nitrogens is 1. The summed E-state index contributed by atoms with van der Waals surface area (Å²) in [6.45, 7) is 13.4. The fourth-order valence-corrected chi connectivity index (χ4v) is 4.86. The molecule has 4 rings (SSSR count). The first-order chi connectivity index (χ1) is 19.4. The molecule has 0 amide bonds. The fraction of sp³-hybridized carbons (Fsp3) is 0.257. The summed E-state index contributed by atoms with van der Waals surface area (Å²) in [6.07, 6.45) is 19.6. The van der Waals surface area contributed by atoms with Crippen LogP contribution in [0.25, 0.3) is 11.1 Å². The summed E-state index contributed by atoms with van der Waals surface area (Å²) in [5.41, 5.74) is 11.8. The van der Waals surface area contributed by atoms with Gasteiger partial charge in [0.2, 0.25) is 0 Å². The molecule has 2 aromatic rings. The van der Waals surface area contributed by atoms with Crippen LogP contribution in [0.5, 0.6) is 0 Å². The van der Waals surface area contributed by atoms with E-state index in [0.29, 0.717) is 12.6 Å². The van der Waals surface area contributed by atoms with Gasteiger partial charge in [-0.3, -0.25) is 9.98 Å². The Bertz CT molecular complexity index is 1460. The third-order valence-electron chi connectivity index (χ3n) is 6.70. The highest BCUT2D eigenvalue weighted by Gasteiger charge is 2.23. The second-order valence-corrected chi connectivity index (χ2v) is 10.1. The highest BCUT2D eigenvalue weighted by Crippen LogP contribution is 2.30. The van der Waals surface area contributed by atoms with E-state index in [1.807, 2.05) is 37.5 Å². The molecule has 3 N–H and O–H groups in total. The molecule has 0 fully saturated rings. The van der Waals surface area contributed by atoms with Crippen molar-refractivity contribution in [1.29, 1.82) is 0 Å². The van der Waals surface area contributed by atoms with Gasteiger partial charge in [-0.1, -0.05) is 48.6 Å². The van der Waals surface area contributed by atoms with Gasteiger partial charge in [0, 0.05) is 53.9 Å². The van der Waals surface area contributed by atoms with E-state index < -0.39 is 0 Å². The van der Waals surface area contributed by atoms with Crippen molar-refractivity contribution in [2.24, 2.45) is 4.99 Å². The minimum Gasteiger partial charge on any atom is -0.383 e. The van der Waals surface area contributed by atoms with Gasteiger partial charge in [-0.15, -0.1) is 0 Å². The number of nitrogens with zero attached hydrogens (tertiary/aromatic N) is 2. The second-order valence-electron chi connectivity index (χ2n) is 10.1. The molecule has 5 nitrogen and oxygen atoms in total. The van der Waals surface area contributed by atoms with Crippen LogP contribution in [0.1, 0.15) is 63.4 Å². The molecule has 0 atom stereocenters. The summed E-state index contributed by atoms with van der Waals surface area (Å²) >= 11 is 0. The highest BCUT2D eigenvalue weighted by molar-refractivity contribution is 6.14. The molecule has 0 spiro atoms. The predicted octanol–water partition coefficient (Wildman–Crippen LogP) is 7.35. The van der Waals surface area contributed by atoms with Crippen LogP contribution < -0.4 is 16.0 Å². The number of aliphatic imine (C=N–C) groups is 1. The third kappa shape index (κ3) is 6.78. The fourth-order valence-electron chi connectivity index (χ4n) is 4.86. The van der Waals surface area contributed by atoms with Crippen LogP contribution in [0.15, 0.2) is 119 Å². The molecule has 40 heavy (non-hydrogen) atoms. The molecule has 1 aromatic heterocycles. The Balaban J connectivity index is 1.69. The molecule has 2 aliphatic rings. The van der Waals surface area contributed by atoms with Gasteiger partial charge in [0.15, 0.2) is 0 Å². The Hall–Kier alpha value is -4.38. The molecule has 0 saturated heterocycles. The lowest BCUT2D eigenvalue weighted by molar-refractivity contribution is 0.681. The Morgan fingerprint density at radius 3 is 2.73 bits per heavy atom. The van der Waals surface area contributed by atoms with E-state index in [0.717, 1.165) is 62.9 Å². The summed E-state index contributed by atoms with van der Waals surface area (Å²) in [7, 11) is 0. The summed E-state index contributed by atoms with van der Waals surface area (Å²) in [4.78, 5) is 9.59. The van der Waals surface area contributed by atoms with Crippen LogP contribution >= 0.6 is 0 Å². The Morgan fingerprint density at radius 1 is 1.18 bits per heavy atom. The quantitative estimate of drug-likeness (QED) is 0.234. The molecule has 0 saturated carbocycles. The van der Waals surface area contributed by atoms with Crippen molar-refractivity contribution in [3.05, 3.63) is 136 Å². The Labute approximate surface area is 239 Å². The number of nitrogens with one attached hydrogen (secondary N) is 3. The number of aryl methyl sites for hydroxylation is 1. The van der Waals surface area contributed by atoms with Gasteiger partial charge in [-0.05, 0) is 88.6 Å². The number of hydrogen-bond donors (Lipinski definition) is 3. The summed E-state index contributed by atoms with van der Waals surface area (Å²) in [6, 6.07) is 13.0. The predicted molar refractivity (Wildman–Crippen MR) is 170 cm³/mol. The molecule has 1 aliphatic carbocycles. The van der Waals surface area contributed by atoms with Crippen molar-refractivity contribution in [2.45, 2.75) is 54.0 Å². The van der Waals surface area contributed by atoms with Crippen LogP contribution in [-0.4, -0.2) is 23.3 Å². The topological polar surface area (TPSA) is 61.3 Å². The normalized spacial score (nSPS) is 16.3. The lowest BCUT2D eigenvalue weighted by Gasteiger charge is -2.26. The van der Waals surface area contributed by atoms with Crippen molar-refractivity contribution < 1.29 is 0 Å². The van der Waals surface area contributed by atoms with E-state index in [-0.39, 0.29) is 0 Å². The number of rotatable bonds is 9. The maximum atomic E-state index is 4.99. The maximum Gasteiger partial charge on any atom is 0.0899 e. The summed E-state index contributed by atoms with van der Waals surface area (Å²) in [5.74, 6) is 0. The first-order valence-electron chi connectivity index (χ1n) is 14.1. The van der Waals surface area contributed by atoms with Crippen molar-refractivity contribution in [3.8, 4) is 0 Å². The van der Waals surface area contributed by atoms with Gasteiger partial charge in [0.05, 0.1) is 22.8 Å². The van der Waals surface area contributed by atoms with Crippen molar-refractivity contribution in [2.75, 3.05) is 6.54 Å². The van der Waals surface area contributed by atoms with Gasteiger partial charge < -0.3 is 16.0 Å². The average Bonchev–Trinajstić information content (AvgIpc) is 3.17. The van der Waals surface area contributed by atoms with Crippen LogP contribution in [-0.2, 0) is 0 Å². The molecule has 1 aliphatic heterocycles. The van der Waals surface area contributed by atoms with Crippen LogP contribution in [0.3, 0.4) is 0 Å². The van der Waals surface area contributed by atoms with Gasteiger partial charge in [-0.25, -0.2) is 0 Å². The van der Waals surface area contributed by atoms with Gasteiger partial charge in [-0.2, -0.15) is 0 Å². The Kier molecular flexibility index (Phi) is 9.74. The van der Waals surface area contributed by atoms with E-state index in [2.05, 4.69) is 116 Å². The first-order valence-corrected chi connectivity index (χ1v) is 14.1. The number of allylic oxidation sites excluding steroid dienone is 10. The molecule has 0 bridgehead atoms. The zero-order valence-electron chi connectivity index (χ0n) is 24.5. The molecule has 5 heteroatoms. The van der Waals surface area contributed by atoms with Crippen LogP contribution in [0, 0.1) is 6.92 Å². The minimum absolute atomic E-state index is 0.347. The average molecular weight is 532 g/mol. The van der Waals surface area contributed by atoms with Crippen molar-refractivity contribution >= 4 is 16.9 Å². The molecule has 1 aromatic carbocycles. The van der Waals surface area contributed by atoms with E-state index in [9.17, 15) is 0 Å². The highest BCUT2D eigenvalue weighted by atomic mass is 15.0. The SMILES string of the molecule is C/C=C/C(=C\C(=C/C)c1ccc(C)c(C(=NCC)C2=CNC3=C(CC=CC=C3c3ccccn3)N2)c1)NC(C)C. The number of benzene rings is 1. The molecule has 0 radical (unpaired) electrons. The minimum atomic E-state index is 0.347. The van der Waals surface area contributed by atoms with Crippen molar-refractivity contribution in [1.82, 2.24) is 20.9 Å². The lowest BCUT2D eigenvalue weighted by Crippen LogP contribution is -2.31. The zero-order valence-corrected chi connectivity index (χ0v) is 24.5. The zero-order chi connectivity index (χ0) is 28.5.